The number of sulfonamides is 1. The smallest absolute Gasteiger partial charge is 0.243 e. The Morgan fingerprint density at radius 1 is 1.29 bits per heavy atom. The lowest BCUT2D eigenvalue weighted by Gasteiger charge is -2.30. The summed E-state index contributed by atoms with van der Waals surface area (Å²) in [5.41, 5.74) is 1.53. The Bertz CT molecular complexity index is 1040. The fourth-order valence-corrected chi connectivity index (χ4v) is 6.89. The van der Waals surface area contributed by atoms with E-state index in [1.165, 1.54) is 11.8 Å². The van der Waals surface area contributed by atoms with Crippen LogP contribution in [-0.2, 0) is 26.1 Å². The molecule has 2 atom stereocenters. The van der Waals surface area contributed by atoms with E-state index in [-0.39, 0.29) is 16.8 Å². The summed E-state index contributed by atoms with van der Waals surface area (Å²) < 4.78 is 35.9. The van der Waals surface area contributed by atoms with Crippen molar-refractivity contribution in [1.82, 2.24) is 13.9 Å². The van der Waals surface area contributed by atoms with Crippen molar-refractivity contribution < 1.29 is 17.9 Å². The van der Waals surface area contributed by atoms with Crippen molar-refractivity contribution in [2.45, 2.75) is 68.7 Å². The molecule has 0 spiro atoms. The number of rotatable bonds is 8. The van der Waals surface area contributed by atoms with Gasteiger partial charge in [0.05, 0.1) is 34.3 Å². The van der Waals surface area contributed by atoms with Gasteiger partial charge in [0.25, 0.3) is 0 Å². The maximum Gasteiger partial charge on any atom is 0.243 e. The Morgan fingerprint density at radius 2 is 2.13 bits per heavy atom. The maximum absolute atomic E-state index is 13.2. The molecule has 0 N–H and O–H groups in total. The molecule has 2 saturated heterocycles. The van der Waals surface area contributed by atoms with Crippen LogP contribution in [0.1, 0.15) is 46.0 Å². The molecule has 9 heteroatoms. The average molecular weight is 466 g/mol. The summed E-state index contributed by atoms with van der Waals surface area (Å²) in [5, 5.41) is 0.744. The molecule has 0 saturated carbocycles. The van der Waals surface area contributed by atoms with Gasteiger partial charge in [0.15, 0.2) is 5.16 Å². The molecule has 0 aliphatic carbocycles. The Kier molecular flexibility index (Phi) is 7.05. The number of carbonyl (C=O) groups excluding carboxylic acids is 1. The predicted octanol–water partition coefficient (Wildman–Crippen LogP) is 3.71. The van der Waals surface area contributed by atoms with E-state index in [2.05, 4.69) is 11.5 Å². The molecule has 0 unspecified atom stereocenters. The predicted molar refractivity (Wildman–Crippen MR) is 122 cm³/mol. The quantitative estimate of drug-likeness (QED) is 0.553. The highest BCUT2D eigenvalue weighted by molar-refractivity contribution is 7.99. The highest BCUT2D eigenvalue weighted by Crippen LogP contribution is 2.30. The lowest BCUT2D eigenvalue weighted by atomic mass is 10.0. The van der Waals surface area contributed by atoms with Crippen LogP contribution in [-0.4, -0.2) is 59.6 Å². The number of imidazole rings is 1. The first kappa shape index (κ1) is 22.8. The highest BCUT2D eigenvalue weighted by Gasteiger charge is 2.29. The summed E-state index contributed by atoms with van der Waals surface area (Å²) in [4.78, 5) is 16.9. The molecular weight excluding hydrogens is 434 g/mol. The molecule has 2 aliphatic rings. The zero-order valence-corrected chi connectivity index (χ0v) is 19.9. The summed E-state index contributed by atoms with van der Waals surface area (Å²) in [6, 6.07) is 5.22. The third-order valence-corrected chi connectivity index (χ3v) is 9.01. The van der Waals surface area contributed by atoms with Crippen LogP contribution in [0.5, 0.6) is 0 Å². The summed E-state index contributed by atoms with van der Waals surface area (Å²) in [7, 11) is -3.54. The fraction of sp³-hybridized carbons (Fsp3) is 0.636. The number of hydrogen-bond acceptors (Lipinski definition) is 6. The van der Waals surface area contributed by atoms with E-state index in [4.69, 9.17) is 9.72 Å². The minimum Gasteiger partial charge on any atom is -0.376 e. The molecule has 0 amide bonds. The van der Waals surface area contributed by atoms with Crippen LogP contribution in [0.3, 0.4) is 0 Å². The number of ketones is 1. The van der Waals surface area contributed by atoms with Gasteiger partial charge in [-0.2, -0.15) is 4.31 Å². The number of Topliss-reactive ketones (excluding diaryl/α,β-unsaturated/α-hetero) is 1. The maximum atomic E-state index is 13.2. The normalized spacial score (nSPS) is 22.9. The number of hydrogen-bond donors (Lipinski definition) is 0. The van der Waals surface area contributed by atoms with E-state index in [0.29, 0.717) is 43.2 Å². The molecule has 31 heavy (non-hydrogen) atoms. The molecule has 1 aromatic carbocycles. The van der Waals surface area contributed by atoms with Crippen molar-refractivity contribution in [3.8, 4) is 0 Å². The molecule has 0 bridgehead atoms. The van der Waals surface area contributed by atoms with Gasteiger partial charge >= 0.3 is 0 Å². The van der Waals surface area contributed by atoms with Crippen molar-refractivity contribution in [3.63, 3.8) is 0 Å². The van der Waals surface area contributed by atoms with Crippen molar-refractivity contribution >= 4 is 38.6 Å². The van der Waals surface area contributed by atoms with Gasteiger partial charge in [0.2, 0.25) is 10.0 Å². The molecule has 4 rings (SSSR count). The van der Waals surface area contributed by atoms with Crippen LogP contribution in [0.15, 0.2) is 28.3 Å². The first-order valence-electron chi connectivity index (χ1n) is 11.1. The third kappa shape index (κ3) is 4.99. The van der Waals surface area contributed by atoms with Crippen LogP contribution in [0, 0.1) is 5.92 Å². The van der Waals surface area contributed by atoms with E-state index >= 15 is 0 Å². The molecule has 3 heterocycles. The second-order valence-electron chi connectivity index (χ2n) is 8.58. The number of fused-ring (bicyclic) bond motifs is 1. The highest BCUT2D eigenvalue weighted by atomic mass is 32.2. The largest absolute Gasteiger partial charge is 0.376 e. The summed E-state index contributed by atoms with van der Waals surface area (Å²) in [6.45, 7) is 6.52. The van der Waals surface area contributed by atoms with Gasteiger partial charge in [-0.1, -0.05) is 25.6 Å². The zero-order valence-electron chi connectivity index (χ0n) is 18.2. The number of carbonyl (C=O) groups is 1. The van der Waals surface area contributed by atoms with Gasteiger partial charge in [0, 0.05) is 26.1 Å². The van der Waals surface area contributed by atoms with Crippen LogP contribution in [0.25, 0.3) is 11.0 Å². The lowest BCUT2D eigenvalue weighted by Crippen LogP contribution is -2.39. The van der Waals surface area contributed by atoms with Gasteiger partial charge < -0.3 is 9.30 Å². The topological polar surface area (TPSA) is 81.5 Å². The Morgan fingerprint density at radius 3 is 2.84 bits per heavy atom. The first-order valence-corrected chi connectivity index (χ1v) is 13.6. The van der Waals surface area contributed by atoms with Crippen LogP contribution in [0.2, 0.25) is 0 Å². The minimum atomic E-state index is -3.54. The molecule has 170 valence electrons. The van der Waals surface area contributed by atoms with E-state index in [9.17, 15) is 13.2 Å². The van der Waals surface area contributed by atoms with Crippen LogP contribution >= 0.6 is 11.8 Å². The van der Waals surface area contributed by atoms with E-state index < -0.39 is 10.0 Å². The van der Waals surface area contributed by atoms with E-state index in [0.717, 1.165) is 43.0 Å². The first-order chi connectivity index (χ1) is 14.9. The molecular formula is C22H31N3O4S2. The zero-order chi connectivity index (χ0) is 22.0. The van der Waals surface area contributed by atoms with Crippen LogP contribution in [0.4, 0.5) is 0 Å². The van der Waals surface area contributed by atoms with Gasteiger partial charge in [-0.25, -0.2) is 13.4 Å². The number of benzene rings is 1. The van der Waals surface area contributed by atoms with E-state index in [1.54, 1.807) is 16.4 Å². The molecule has 7 nitrogen and oxygen atoms in total. The van der Waals surface area contributed by atoms with Crippen molar-refractivity contribution in [2.75, 3.05) is 25.4 Å². The van der Waals surface area contributed by atoms with Gasteiger partial charge in [0.1, 0.15) is 5.78 Å². The number of thioether (sulfide) groups is 1. The minimum absolute atomic E-state index is 0.122. The molecule has 0 radical (unpaired) electrons. The van der Waals surface area contributed by atoms with Crippen molar-refractivity contribution in [1.29, 1.82) is 0 Å². The van der Waals surface area contributed by atoms with Gasteiger partial charge in [-0.05, 0) is 49.8 Å². The van der Waals surface area contributed by atoms with Gasteiger partial charge in [-0.15, -0.1) is 0 Å². The summed E-state index contributed by atoms with van der Waals surface area (Å²) in [6.07, 6.45) is 4.62. The SMILES string of the molecule is CCC(=O)CSc1nc2cc(S(=O)(=O)N3CCC[C@H](C)C3)ccc2n1C[C@H]1CCCO1. The van der Waals surface area contributed by atoms with Gasteiger partial charge in [-0.3, -0.25) is 4.79 Å². The second kappa shape index (κ2) is 9.60. The number of nitrogens with zero attached hydrogens (tertiary/aromatic N) is 3. The summed E-state index contributed by atoms with van der Waals surface area (Å²) in [5.74, 6) is 0.905. The number of piperidine rings is 1. The Labute approximate surface area is 188 Å². The summed E-state index contributed by atoms with van der Waals surface area (Å²) >= 11 is 1.42. The lowest BCUT2D eigenvalue weighted by molar-refractivity contribution is -0.116. The average Bonchev–Trinajstić information content (AvgIpc) is 3.40. The van der Waals surface area contributed by atoms with Crippen molar-refractivity contribution in [3.05, 3.63) is 18.2 Å². The number of aromatic nitrogens is 2. The monoisotopic (exact) mass is 465 g/mol. The standard InChI is InChI=1S/C22H31N3O4S2/c1-3-17(26)15-30-22-23-20-12-19(31(27,28)24-10-4-6-16(2)13-24)8-9-21(20)25(22)14-18-7-5-11-29-18/h8-9,12,16,18H,3-7,10-11,13-15H2,1-2H3/t16-,18+/m0/s1. The second-order valence-corrected chi connectivity index (χ2v) is 11.5. The molecule has 2 aromatic rings. The van der Waals surface area contributed by atoms with Crippen LogP contribution < -0.4 is 0 Å². The third-order valence-electron chi connectivity index (χ3n) is 6.11. The number of ether oxygens (including phenoxy) is 1. The fourth-order valence-electron chi connectivity index (χ4n) is 4.29. The molecule has 2 aliphatic heterocycles. The molecule has 1 aromatic heterocycles. The Hall–Kier alpha value is -1.42. The van der Waals surface area contributed by atoms with E-state index in [1.807, 2.05) is 13.0 Å². The Balaban J connectivity index is 1.67. The molecule has 2 fully saturated rings. The van der Waals surface area contributed by atoms with Crippen molar-refractivity contribution in [2.24, 2.45) is 5.92 Å².